The highest BCUT2D eigenvalue weighted by Gasteiger charge is 2.22. The summed E-state index contributed by atoms with van der Waals surface area (Å²) in [6.45, 7) is 2.13. The highest BCUT2D eigenvalue weighted by molar-refractivity contribution is 5.79. The Balaban J connectivity index is 4.21. The minimum Gasteiger partial charge on any atom is -0.480 e. The summed E-state index contributed by atoms with van der Waals surface area (Å²) in [5.74, 6) is -1.03. The van der Waals surface area contributed by atoms with E-state index in [2.05, 4.69) is 5.32 Å². The van der Waals surface area contributed by atoms with Crippen molar-refractivity contribution in [3.63, 3.8) is 0 Å². The fourth-order valence-electron chi connectivity index (χ4n) is 1.35. The maximum absolute atomic E-state index is 11.1. The van der Waals surface area contributed by atoms with Crippen LogP contribution >= 0.6 is 0 Å². The van der Waals surface area contributed by atoms with Gasteiger partial charge in [-0.3, -0.25) is 14.5 Å². The van der Waals surface area contributed by atoms with Crippen LogP contribution in [0.2, 0.25) is 0 Å². The number of nitrogens with one attached hydrogen (secondary N) is 1. The Morgan fingerprint density at radius 1 is 1.47 bits per heavy atom. The molecular weight excluding hydrogens is 196 g/mol. The van der Waals surface area contributed by atoms with Crippen molar-refractivity contribution in [3.05, 3.63) is 0 Å². The van der Waals surface area contributed by atoms with E-state index in [1.54, 1.807) is 11.9 Å². The Morgan fingerprint density at radius 3 is 2.47 bits per heavy atom. The number of hydrogen-bond donors (Lipinski definition) is 2. The first-order chi connectivity index (χ1) is 7.02. The van der Waals surface area contributed by atoms with Crippen molar-refractivity contribution in [1.82, 2.24) is 10.2 Å². The van der Waals surface area contributed by atoms with Crippen molar-refractivity contribution in [2.75, 3.05) is 20.6 Å². The van der Waals surface area contributed by atoms with Crippen LogP contribution in [0.25, 0.3) is 0 Å². The lowest BCUT2D eigenvalue weighted by molar-refractivity contribution is -0.143. The average molecular weight is 216 g/mol. The number of rotatable bonds is 7. The van der Waals surface area contributed by atoms with Gasteiger partial charge in [0.15, 0.2) is 0 Å². The first kappa shape index (κ1) is 13.9. The highest BCUT2D eigenvalue weighted by Crippen LogP contribution is 2.07. The van der Waals surface area contributed by atoms with Crippen LogP contribution in [-0.2, 0) is 9.59 Å². The molecule has 0 saturated heterocycles. The molecule has 1 amide bonds. The predicted molar refractivity (Wildman–Crippen MR) is 57.6 cm³/mol. The fourth-order valence-corrected chi connectivity index (χ4v) is 1.35. The first-order valence-electron chi connectivity index (χ1n) is 5.16. The zero-order valence-electron chi connectivity index (χ0n) is 9.62. The van der Waals surface area contributed by atoms with E-state index in [1.807, 2.05) is 6.92 Å². The highest BCUT2D eigenvalue weighted by atomic mass is 16.4. The smallest absolute Gasteiger partial charge is 0.320 e. The van der Waals surface area contributed by atoms with Gasteiger partial charge < -0.3 is 10.4 Å². The summed E-state index contributed by atoms with van der Waals surface area (Å²) >= 11 is 0. The van der Waals surface area contributed by atoms with Crippen LogP contribution in [0.3, 0.4) is 0 Å². The lowest BCUT2D eigenvalue weighted by Crippen LogP contribution is -2.43. The molecule has 5 nitrogen and oxygen atoms in total. The maximum Gasteiger partial charge on any atom is 0.320 e. The Bertz CT molecular complexity index is 219. The maximum atomic E-state index is 11.1. The van der Waals surface area contributed by atoms with Crippen molar-refractivity contribution in [2.24, 2.45) is 0 Å². The summed E-state index contributed by atoms with van der Waals surface area (Å²) in [4.78, 5) is 23.6. The topological polar surface area (TPSA) is 69.6 Å². The zero-order chi connectivity index (χ0) is 11.8. The van der Waals surface area contributed by atoms with Crippen LogP contribution in [0.4, 0.5) is 0 Å². The summed E-state index contributed by atoms with van der Waals surface area (Å²) < 4.78 is 0. The molecule has 0 rings (SSSR count). The third-order valence-corrected chi connectivity index (χ3v) is 2.32. The first-order valence-corrected chi connectivity index (χ1v) is 5.16. The molecule has 0 heterocycles. The third-order valence-electron chi connectivity index (χ3n) is 2.32. The minimum absolute atomic E-state index is 0.122. The standard InChI is InChI=1S/C10H20N2O3/c1-4-5-6-8(10(14)15)12(3)7-9(13)11-2/h8H,4-7H2,1-3H3,(H,11,13)(H,14,15). The Morgan fingerprint density at radius 2 is 2.07 bits per heavy atom. The van der Waals surface area contributed by atoms with Crippen molar-refractivity contribution in [2.45, 2.75) is 32.2 Å². The van der Waals surface area contributed by atoms with Crippen LogP contribution in [0, 0.1) is 0 Å². The number of carboxylic acids is 1. The van der Waals surface area contributed by atoms with Gasteiger partial charge in [0.2, 0.25) is 5.91 Å². The van der Waals surface area contributed by atoms with Gasteiger partial charge in [-0.15, -0.1) is 0 Å². The quantitative estimate of drug-likeness (QED) is 0.642. The van der Waals surface area contributed by atoms with Crippen LogP contribution in [-0.4, -0.2) is 48.6 Å². The Hall–Kier alpha value is -1.10. The molecule has 2 N–H and O–H groups in total. The van der Waals surface area contributed by atoms with Crippen LogP contribution in [0.5, 0.6) is 0 Å². The summed E-state index contributed by atoms with van der Waals surface area (Å²) in [5.41, 5.74) is 0. The number of nitrogens with zero attached hydrogens (tertiary/aromatic N) is 1. The SMILES string of the molecule is CCCCC(C(=O)O)N(C)CC(=O)NC. The number of amides is 1. The molecule has 1 unspecified atom stereocenters. The number of carboxylic acid groups (broad SMARTS) is 1. The molecule has 0 bridgehead atoms. The minimum atomic E-state index is -0.866. The second kappa shape index (κ2) is 7.23. The van der Waals surface area contributed by atoms with Gasteiger partial charge in [0.05, 0.1) is 6.54 Å². The van der Waals surface area contributed by atoms with E-state index in [-0.39, 0.29) is 12.5 Å². The molecule has 0 radical (unpaired) electrons. The normalized spacial score (nSPS) is 12.5. The van der Waals surface area contributed by atoms with Crippen molar-refractivity contribution < 1.29 is 14.7 Å². The van der Waals surface area contributed by atoms with Gasteiger partial charge in [0.25, 0.3) is 0 Å². The van der Waals surface area contributed by atoms with Crippen LogP contribution in [0.15, 0.2) is 0 Å². The Kier molecular flexibility index (Phi) is 6.70. The second-order valence-electron chi connectivity index (χ2n) is 3.58. The number of carbonyl (C=O) groups excluding carboxylic acids is 1. The van der Waals surface area contributed by atoms with E-state index in [1.165, 1.54) is 7.05 Å². The van der Waals surface area contributed by atoms with Gasteiger partial charge in [-0.2, -0.15) is 0 Å². The van der Waals surface area contributed by atoms with Gasteiger partial charge in [0.1, 0.15) is 6.04 Å². The largest absolute Gasteiger partial charge is 0.480 e. The Labute approximate surface area is 90.5 Å². The molecule has 0 spiro atoms. The molecular formula is C10H20N2O3. The number of hydrogen-bond acceptors (Lipinski definition) is 3. The summed E-state index contributed by atoms with van der Waals surface area (Å²) in [6.07, 6.45) is 2.39. The van der Waals surface area contributed by atoms with Crippen molar-refractivity contribution in [3.8, 4) is 0 Å². The van der Waals surface area contributed by atoms with Crippen molar-refractivity contribution in [1.29, 1.82) is 0 Å². The lowest BCUT2D eigenvalue weighted by Gasteiger charge is -2.23. The summed E-state index contributed by atoms with van der Waals surface area (Å²) in [5, 5.41) is 11.5. The molecule has 0 aromatic carbocycles. The lowest BCUT2D eigenvalue weighted by atomic mass is 10.1. The van der Waals surface area contributed by atoms with E-state index in [0.717, 1.165) is 12.8 Å². The molecule has 15 heavy (non-hydrogen) atoms. The molecule has 0 saturated carbocycles. The van der Waals surface area contributed by atoms with Gasteiger partial charge >= 0.3 is 5.97 Å². The van der Waals surface area contributed by atoms with Crippen LogP contribution in [0.1, 0.15) is 26.2 Å². The number of carbonyl (C=O) groups is 2. The van der Waals surface area contributed by atoms with E-state index >= 15 is 0 Å². The van der Waals surface area contributed by atoms with Gasteiger partial charge in [-0.1, -0.05) is 19.8 Å². The van der Waals surface area contributed by atoms with E-state index in [4.69, 9.17) is 5.11 Å². The molecule has 88 valence electrons. The van der Waals surface area contributed by atoms with Gasteiger partial charge in [-0.25, -0.2) is 0 Å². The molecule has 0 aliphatic heterocycles. The predicted octanol–water partition coefficient (Wildman–Crippen LogP) is 0.308. The van der Waals surface area contributed by atoms with E-state index in [0.29, 0.717) is 6.42 Å². The zero-order valence-corrected chi connectivity index (χ0v) is 9.62. The van der Waals surface area contributed by atoms with E-state index in [9.17, 15) is 9.59 Å². The van der Waals surface area contributed by atoms with Gasteiger partial charge in [-0.05, 0) is 13.5 Å². The molecule has 0 aliphatic rings. The van der Waals surface area contributed by atoms with Crippen LogP contribution < -0.4 is 5.32 Å². The number of unbranched alkanes of at least 4 members (excludes halogenated alkanes) is 1. The second-order valence-corrected chi connectivity index (χ2v) is 3.58. The number of aliphatic carboxylic acids is 1. The average Bonchev–Trinajstić information content (AvgIpc) is 2.17. The summed E-state index contributed by atoms with van der Waals surface area (Å²) in [7, 11) is 3.20. The number of likely N-dealkylation sites (N-methyl/N-ethyl adjacent to an activating group) is 2. The molecule has 0 aromatic heterocycles. The summed E-state index contributed by atoms with van der Waals surface area (Å²) in [6, 6.07) is -0.567. The fraction of sp³-hybridized carbons (Fsp3) is 0.800. The molecule has 0 aromatic rings. The molecule has 0 fully saturated rings. The monoisotopic (exact) mass is 216 g/mol. The van der Waals surface area contributed by atoms with Gasteiger partial charge in [0, 0.05) is 7.05 Å². The third kappa shape index (κ3) is 5.37. The molecule has 5 heteroatoms. The molecule has 0 aliphatic carbocycles. The molecule has 1 atom stereocenters. The van der Waals surface area contributed by atoms with Crippen molar-refractivity contribution >= 4 is 11.9 Å². The van der Waals surface area contributed by atoms with E-state index < -0.39 is 12.0 Å².